The first kappa shape index (κ1) is 59.9. The zero-order chi connectivity index (χ0) is 57.4. The molecule has 0 saturated carbocycles. The summed E-state index contributed by atoms with van der Waals surface area (Å²) in [6, 6.07) is 34.7. The third-order valence-electron chi connectivity index (χ3n) is 13.7. The van der Waals surface area contributed by atoms with E-state index in [1.54, 1.807) is 24.3 Å². The molecule has 8 aromatic carbocycles. The highest BCUT2D eigenvalue weighted by atomic mass is 32.2. The summed E-state index contributed by atoms with van der Waals surface area (Å²) in [6.07, 6.45) is 3.00. The highest BCUT2D eigenvalue weighted by molar-refractivity contribution is 7.99. The summed E-state index contributed by atoms with van der Waals surface area (Å²) in [4.78, 5) is 53.2. The van der Waals surface area contributed by atoms with Gasteiger partial charge in [0.05, 0.1) is 48.7 Å². The Morgan fingerprint density at radius 3 is 0.864 bits per heavy atom. The smallest absolute Gasteiger partial charge is 0.268 e. The van der Waals surface area contributed by atoms with E-state index in [0.29, 0.717) is 72.5 Å². The SMILES string of the molecule is CCCOc1cc(-c2cc(-c3ccc(C(=O)NN)c(OCCCSCC)c3)c3ccc4c(-c5ccc(C(=O)NN)c(OCCCSCC)c5)cc(-c5ccc(C(=O)NN)c(OCCCSCC)c5)c5ccc2c3c54)ccc1C(=O)NN. The average molecular weight is 1150 g/mol. The van der Waals surface area contributed by atoms with E-state index in [1.807, 2.05) is 90.7 Å². The number of benzene rings is 8. The Hall–Kier alpha value is -7.23. The van der Waals surface area contributed by atoms with Crippen molar-refractivity contribution >= 4 is 91.2 Å². The molecule has 0 heterocycles. The quantitative estimate of drug-likeness (QED) is 0.00713. The van der Waals surface area contributed by atoms with Crippen LogP contribution in [0.1, 0.15) is 94.8 Å². The number of amides is 4. The van der Waals surface area contributed by atoms with Gasteiger partial charge < -0.3 is 18.9 Å². The zero-order valence-electron chi connectivity index (χ0n) is 46.1. The first-order valence-corrected chi connectivity index (χ1v) is 30.6. The zero-order valence-corrected chi connectivity index (χ0v) is 48.5. The molecule has 12 N–H and O–H groups in total. The van der Waals surface area contributed by atoms with Crippen molar-refractivity contribution in [1.29, 1.82) is 0 Å². The van der Waals surface area contributed by atoms with Crippen molar-refractivity contribution in [2.24, 2.45) is 23.4 Å². The van der Waals surface area contributed by atoms with Gasteiger partial charge in [-0.05, 0) is 198 Å². The van der Waals surface area contributed by atoms with Crippen LogP contribution in [0, 0.1) is 0 Å². The first-order valence-electron chi connectivity index (χ1n) is 27.2. The van der Waals surface area contributed by atoms with Crippen molar-refractivity contribution in [2.45, 2.75) is 53.4 Å². The summed E-state index contributed by atoms with van der Waals surface area (Å²) in [7, 11) is 0. The molecule has 0 spiro atoms. The van der Waals surface area contributed by atoms with Crippen LogP contribution in [0.15, 0.2) is 109 Å². The summed E-state index contributed by atoms with van der Waals surface area (Å²) < 4.78 is 25.5. The van der Waals surface area contributed by atoms with Crippen LogP contribution < -0.4 is 64.0 Å². The second-order valence-electron chi connectivity index (χ2n) is 18.8. The van der Waals surface area contributed by atoms with E-state index in [9.17, 15) is 19.2 Å². The Morgan fingerprint density at radius 2 is 0.630 bits per heavy atom. The topological polar surface area (TPSA) is 257 Å². The summed E-state index contributed by atoms with van der Waals surface area (Å²) in [5, 5.41) is 5.40. The second-order valence-corrected chi connectivity index (χ2v) is 23.0. The number of nitrogens with two attached hydrogens (primary N) is 4. The van der Waals surface area contributed by atoms with Crippen LogP contribution in [0.5, 0.6) is 23.0 Å². The number of nitrogens with one attached hydrogen (secondary N) is 4. The number of carbonyl (C=O) groups is 4. The molecular formula is C62H70N8O8S3. The maximum absolute atomic E-state index is 13.3. The number of carbonyl (C=O) groups excluding carboxylic acids is 4. The van der Waals surface area contributed by atoms with Crippen LogP contribution >= 0.6 is 35.3 Å². The van der Waals surface area contributed by atoms with Crippen LogP contribution in [0.25, 0.3) is 76.8 Å². The number of hydrogen-bond acceptors (Lipinski definition) is 15. The van der Waals surface area contributed by atoms with Crippen molar-refractivity contribution in [3.63, 3.8) is 0 Å². The molecule has 0 saturated heterocycles. The number of ether oxygens (including phenoxy) is 4. The van der Waals surface area contributed by atoms with Crippen molar-refractivity contribution in [2.75, 3.05) is 60.9 Å². The molecule has 81 heavy (non-hydrogen) atoms. The minimum Gasteiger partial charge on any atom is -0.493 e. The third-order valence-corrected chi connectivity index (χ3v) is 16.7. The number of hydrogen-bond donors (Lipinski definition) is 8. The van der Waals surface area contributed by atoms with Crippen LogP contribution in [0.2, 0.25) is 0 Å². The fourth-order valence-electron chi connectivity index (χ4n) is 9.92. The summed E-state index contributed by atoms with van der Waals surface area (Å²) in [5.74, 6) is 28.1. The highest BCUT2D eigenvalue weighted by Gasteiger charge is 2.25. The molecule has 19 heteroatoms. The van der Waals surface area contributed by atoms with Gasteiger partial charge in [-0.3, -0.25) is 40.9 Å². The van der Waals surface area contributed by atoms with Gasteiger partial charge in [-0.15, -0.1) is 0 Å². The molecule has 0 unspecified atom stereocenters. The van der Waals surface area contributed by atoms with E-state index in [4.69, 9.17) is 42.3 Å². The Balaban J connectivity index is 1.47. The molecule has 0 radical (unpaired) electrons. The second kappa shape index (κ2) is 29.0. The van der Waals surface area contributed by atoms with E-state index in [0.717, 1.165) is 131 Å². The number of nitrogen functional groups attached to an aromatic ring is 4. The fraction of sp³-hybridized carbons (Fsp3) is 0.290. The molecule has 0 aliphatic heterocycles. The van der Waals surface area contributed by atoms with Gasteiger partial charge >= 0.3 is 0 Å². The van der Waals surface area contributed by atoms with Gasteiger partial charge in [0.15, 0.2) is 0 Å². The molecule has 0 aliphatic rings. The van der Waals surface area contributed by atoms with E-state index in [2.05, 4.69) is 78.9 Å². The summed E-state index contributed by atoms with van der Waals surface area (Å²) in [6.45, 7) is 9.83. The molecule has 0 aliphatic carbocycles. The minimum atomic E-state index is -0.493. The van der Waals surface area contributed by atoms with Crippen molar-refractivity contribution in [3.05, 3.63) is 131 Å². The molecule has 4 amide bonds. The van der Waals surface area contributed by atoms with E-state index in [1.165, 1.54) is 0 Å². The maximum Gasteiger partial charge on any atom is 0.268 e. The predicted molar refractivity (Wildman–Crippen MR) is 334 cm³/mol. The molecule has 8 rings (SSSR count). The Labute approximate surface area is 485 Å². The Bertz CT molecular complexity index is 3450. The van der Waals surface area contributed by atoms with Gasteiger partial charge in [-0.2, -0.15) is 35.3 Å². The molecule has 0 bridgehead atoms. The van der Waals surface area contributed by atoms with Gasteiger partial charge in [0.1, 0.15) is 23.0 Å². The van der Waals surface area contributed by atoms with Crippen LogP contribution in [0.4, 0.5) is 0 Å². The summed E-state index contributed by atoms with van der Waals surface area (Å²) in [5.41, 5.74) is 16.7. The molecule has 8 aromatic rings. The normalized spacial score (nSPS) is 11.3. The minimum absolute atomic E-state index is 0.283. The van der Waals surface area contributed by atoms with Gasteiger partial charge in [0.25, 0.3) is 23.6 Å². The third kappa shape index (κ3) is 13.6. The number of rotatable bonds is 29. The fourth-order valence-corrected chi connectivity index (χ4v) is 11.8. The molecule has 0 fully saturated rings. The van der Waals surface area contributed by atoms with Crippen molar-refractivity contribution in [1.82, 2.24) is 21.7 Å². The largest absolute Gasteiger partial charge is 0.493 e. The van der Waals surface area contributed by atoms with Gasteiger partial charge in [0, 0.05) is 0 Å². The molecule has 0 atom stereocenters. The molecule has 16 nitrogen and oxygen atoms in total. The lowest BCUT2D eigenvalue weighted by molar-refractivity contribution is 0.0941. The van der Waals surface area contributed by atoms with Gasteiger partial charge in [0.2, 0.25) is 0 Å². The van der Waals surface area contributed by atoms with Gasteiger partial charge in [-0.1, -0.05) is 76.2 Å². The maximum atomic E-state index is 13.3. The lowest BCUT2D eigenvalue weighted by atomic mass is 9.81. The van der Waals surface area contributed by atoms with Gasteiger partial charge in [-0.25, -0.2) is 23.4 Å². The lowest BCUT2D eigenvalue weighted by Crippen LogP contribution is -2.30. The Kier molecular flexibility index (Phi) is 21.4. The van der Waals surface area contributed by atoms with Crippen LogP contribution in [-0.4, -0.2) is 84.6 Å². The summed E-state index contributed by atoms with van der Waals surface area (Å²) >= 11 is 5.45. The molecule has 0 aromatic heterocycles. The number of thioether (sulfide) groups is 3. The van der Waals surface area contributed by atoms with Crippen molar-refractivity contribution in [3.8, 4) is 67.5 Å². The van der Waals surface area contributed by atoms with Crippen LogP contribution in [-0.2, 0) is 0 Å². The average Bonchev–Trinajstić information content (AvgIpc) is 3.69. The van der Waals surface area contributed by atoms with E-state index < -0.39 is 23.6 Å². The standard InChI is InChI=1S/C62H70N8O8S3/c1-5-24-75-53-31-37(12-16-45(53)59(71)67-63)49-35-50(38-13-17-46(60(72)68-64)54(32-38)76-25-9-28-79-6-2)42-22-23-44-52(40-15-19-48(62(74)70-66)56(34-40)78-27-11-30-81-8-4)36-51(43-21-20-41(49)57(42)58(43)44)39-14-18-47(61(73)69-65)55(33-39)77-26-10-29-80-7-3/h12-23,31-36H,5-11,24-30,63-66H2,1-4H3,(H,67,71)(H,68,72)(H,69,73)(H,70,74). The molecular weight excluding hydrogens is 1080 g/mol. The predicted octanol–water partition coefficient (Wildman–Crippen LogP) is 11.0. The first-order chi connectivity index (χ1) is 39.5. The Morgan fingerprint density at radius 1 is 0.370 bits per heavy atom. The van der Waals surface area contributed by atoms with E-state index >= 15 is 0 Å². The molecule has 424 valence electrons. The lowest BCUT2D eigenvalue weighted by Gasteiger charge is -2.23. The number of hydrazine groups is 4. The van der Waals surface area contributed by atoms with Crippen LogP contribution in [0.3, 0.4) is 0 Å². The van der Waals surface area contributed by atoms with E-state index in [-0.39, 0.29) is 5.56 Å². The van der Waals surface area contributed by atoms with Crippen molar-refractivity contribution < 1.29 is 38.1 Å². The highest BCUT2D eigenvalue weighted by Crippen LogP contribution is 2.50. The monoisotopic (exact) mass is 1150 g/mol.